The maximum Gasteiger partial charge on any atom is 0.315 e. The molecule has 1 rings (SSSR count). The van der Waals surface area contributed by atoms with Gasteiger partial charge in [0.2, 0.25) is 0 Å². The fraction of sp³-hybridized carbons (Fsp3) is 0.818. The minimum absolute atomic E-state index is 0.0848. The number of hydrogen-bond acceptors (Lipinski definition) is 3. The third kappa shape index (κ3) is 6.41. The van der Waals surface area contributed by atoms with E-state index in [-0.39, 0.29) is 24.5 Å². The van der Waals surface area contributed by atoms with Crippen LogP contribution in [0.5, 0.6) is 0 Å². The molecule has 0 saturated carbocycles. The van der Waals surface area contributed by atoms with E-state index in [4.69, 9.17) is 5.11 Å². The van der Waals surface area contributed by atoms with Gasteiger partial charge in [0.25, 0.3) is 0 Å². The Hall–Kier alpha value is -0.910. The molecule has 1 heterocycles. The van der Waals surface area contributed by atoms with Crippen LogP contribution in [0.25, 0.3) is 0 Å². The molecule has 2 amide bonds. The van der Waals surface area contributed by atoms with Crippen LogP contribution in [0.3, 0.4) is 0 Å². The number of urea groups is 1. The molecule has 1 unspecified atom stereocenters. The number of carbonyl (C=O) groups excluding carboxylic acids is 1. The van der Waals surface area contributed by atoms with Crippen LogP contribution in [0.2, 0.25) is 0 Å². The van der Waals surface area contributed by atoms with Gasteiger partial charge in [0.15, 0.2) is 0 Å². The summed E-state index contributed by atoms with van der Waals surface area (Å²) < 4.78 is 0. The molecular formula is C11H20N2O3S. The van der Waals surface area contributed by atoms with E-state index in [9.17, 15) is 9.59 Å². The molecule has 0 bridgehead atoms. The molecule has 1 aliphatic rings. The van der Waals surface area contributed by atoms with E-state index in [2.05, 4.69) is 10.6 Å². The number of carboxylic acids is 1. The van der Waals surface area contributed by atoms with E-state index in [1.165, 1.54) is 0 Å². The van der Waals surface area contributed by atoms with E-state index in [0.29, 0.717) is 6.42 Å². The Bertz CT molecular complexity index is 267. The van der Waals surface area contributed by atoms with Crippen molar-refractivity contribution < 1.29 is 14.7 Å². The van der Waals surface area contributed by atoms with Crippen molar-refractivity contribution in [2.45, 2.75) is 44.7 Å². The van der Waals surface area contributed by atoms with E-state index in [1.54, 1.807) is 0 Å². The zero-order valence-electron chi connectivity index (χ0n) is 10.1. The van der Waals surface area contributed by atoms with Crippen LogP contribution in [0.1, 0.15) is 32.6 Å². The van der Waals surface area contributed by atoms with Crippen LogP contribution in [-0.4, -0.2) is 40.7 Å². The summed E-state index contributed by atoms with van der Waals surface area (Å²) >= 11 is 1.91. The lowest BCUT2D eigenvalue weighted by Gasteiger charge is -2.23. The number of aliphatic carboxylic acids is 1. The van der Waals surface area contributed by atoms with Crippen molar-refractivity contribution in [2.75, 3.05) is 11.5 Å². The first-order valence-electron chi connectivity index (χ1n) is 5.94. The number of nitrogens with one attached hydrogen (secondary N) is 2. The smallest absolute Gasteiger partial charge is 0.315 e. The molecule has 1 aliphatic heterocycles. The summed E-state index contributed by atoms with van der Waals surface area (Å²) in [5, 5.41) is 14.2. The summed E-state index contributed by atoms with van der Waals surface area (Å²) in [7, 11) is 0. The maximum absolute atomic E-state index is 11.6. The zero-order valence-corrected chi connectivity index (χ0v) is 10.9. The number of carbonyl (C=O) groups is 2. The molecule has 0 aliphatic carbocycles. The maximum atomic E-state index is 11.6. The summed E-state index contributed by atoms with van der Waals surface area (Å²) in [5.41, 5.74) is 0. The fourth-order valence-electron chi connectivity index (χ4n) is 1.70. The Kier molecular flexibility index (Phi) is 6.18. The van der Waals surface area contributed by atoms with Crippen LogP contribution in [0, 0.1) is 0 Å². The first-order valence-corrected chi connectivity index (χ1v) is 7.10. The van der Waals surface area contributed by atoms with Crippen LogP contribution in [0.15, 0.2) is 0 Å². The molecule has 1 atom stereocenters. The predicted octanol–water partition coefficient (Wildman–Crippen LogP) is 1.43. The largest absolute Gasteiger partial charge is 0.481 e. The highest BCUT2D eigenvalue weighted by Crippen LogP contribution is 2.16. The molecule has 98 valence electrons. The number of hydrogen-bond donors (Lipinski definition) is 3. The van der Waals surface area contributed by atoms with Crippen molar-refractivity contribution in [3.8, 4) is 0 Å². The van der Waals surface area contributed by atoms with Crippen LogP contribution >= 0.6 is 11.8 Å². The van der Waals surface area contributed by atoms with Crippen molar-refractivity contribution >= 4 is 23.8 Å². The van der Waals surface area contributed by atoms with E-state index in [0.717, 1.165) is 24.3 Å². The Labute approximate surface area is 106 Å². The van der Waals surface area contributed by atoms with Crippen LogP contribution < -0.4 is 10.6 Å². The van der Waals surface area contributed by atoms with Gasteiger partial charge < -0.3 is 15.7 Å². The molecule has 1 fully saturated rings. The third-order valence-corrected chi connectivity index (χ3v) is 3.77. The van der Waals surface area contributed by atoms with Crippen molar-refractivity contribution in [3.05, 3.63) is 0 Å². The summed E-state index contributed by atoms with van der Waals surface area (Å²) in [6.07, 6.45) is 2.58. The third-order valence-electron chi connectivity index (χ3n) is 2.73. The summed E-state index contributed by atoms with van der Waals surface area (Å²) in [6.45, 7) is 1.82. The minimum Gasteiger partial charge on any atom is -0.481 e. The van der Waals surface area contributed by atoms with E-state index >= 15 is 0 Å². The normalized spacial score (nSPS) is 18.4. The summed E-state index contributed by atoms with van der Waals surface area (Å²) in [5.74, 6) is 1.36. The van der Waals surface area contributed by atoms with Gasteiger partial charge in [-0.25, -0.2) is 4.79 Å². The Balaban J connectivity index is 2.16. The van der Waals surface area contributed by atoms with Crippen LogP contribution in [0.4, 0.5) is 4.79 Å². The Morgan fingerprint density at radius 2 is 2.06 bits per heavy atom. The first kappa shape index (κ1) is 14.2. The monoisotopic (exact) mass is 260 g/mol. The second kappa shape index (κ2) is 7.42. The number of amides is 2. The van der Waals surface area contributed by atoms with Gasteiger partial charge in [0.05, 0.1) is 0 Å². The van der Waals surface area contributed by atoms with Crippen molar-refractivity contribution in [3.63, 3.8) is 0 Å². The lowest BCUT2D eigenvalue weighted by atomic mass is 10.1. The van der Waals surface area contributed by atoms with Gasteiger partial charge in [-0.15, -0.1) is 0 Å². The highest BCUT2D eigenvalue weighted by molar-refractivity contribution is 7.99. The summed E-state index contributed by atoms with van der Waals surface area (Å²) in [4.78, 5) is 22.0. The topological polar surface area (TPSA) is 78.4 Å². The number of carboxylic acid groups (broad SMARTS) is 1. The molecule has 1 saturated heterocycles. The Morgan fingerprint density at radius 3 is 2.65 bits per heavy atom. The molecular weight excluding hydrogens is 240 g/mol. The predicted molar refractivity (Wildman–Crippen MR) is 68.3 cm³/mol. The van der Waals surface area contributed by atoms with Gasteiger partial charge in [-0.2, -0.15) is 11.8 Å². The molecule has 17 heavy (non-hydrogen) atoms. The second-order valence-electron chi connectivity index (χ2n) is 4.34. The first-order chi connectivity index (χ1) is 8.08. The van der Waals surface area contributed by atoms with Crippen molar-refractivity contribution in [2.24, 2.45) is 0 Å². The number of thioether (sulfide) groups is 1. The molecule has 0 radical (unpaired) electrons. The van der Waals surface area contributed by atoms with Crippen LogP contribution in [-0.2, 0) is 4.79 Å². The second-order valence-corrected chi connectivity index (χ2v) is 5.56. The molecule has 0 spiro atoms. The highest BCUT2D eigenvalue weighted by Gasteiger charge is 2.16. The quantitative estimate of drug-likeness (QED) is 0.699. The van der Waals surface area contributed by atoms with E-state index < -0.39 is 5.97 Å². The van der Waals surface area contributed by atoms with Crippen molar-refractivity contribution in [1.29, 1.82) is 0 Å². The van der Waals surface area contributed by atoms with Crippen molar-refractivity contribution in [1.82, 2.24) is 10.6 Å². The van der Waals surface area contributed by atoms with E-state index in [1.807, 2.05) is 18.7 Å². The standard InChI is InChI=1S/C11H20N2O3S/c1-8(2-3-10(14)15)12-11(16)13-9-4-6-17-7-5-9/h8-9H,2-7H2,1H3,(H,14,15)(H2,12,13,16). The molecule has 0 aromatic heterocycles. The molecule has 6 heteroatoms. The zero-order chi connectivity index (χ0) is 12.7. The lowest BCUT2D eigenvalue weighted by molar-refractivity contribution is -0.137. The highest BCUT2D eigenvalue weighted by atomic mass is 32.2. The summed E-state index contributed by atoms with van der Waals surface area (Å²) in [6, 6.07) is -0.0215. The fourth-order valence-corrected chi connectivity index (χ4v) is 2.81. The molecule has 5 nitrogen and oxygen atoms in total. The molecule has 3 N–H and O–H groups in total. The molecule has 0 aromatic carbocycles. The SMILES string of the molecule is CC(CCC(=O)O)NC(=O)NC1CCSCC1. The van der Waals surface area contributed by atoms with Gasteiger partial charge in [-0.05, 0) is 37.7 Å². The van der Waals surface area contributed by atoms with Gasteiger partial charge in [-0.1, -0.05) is 0 Å². The Morgan fingerprint density at radius 1 is 1.41 bits per heavy atom. The van der Waals surface area contributed by atoms with Gasteiger partial charge in [-0.3, -0.25) is 4.79 Å². The minimum atomic E-state index is -0.830. The van der Waals surface area contributed by atoms with Gasteiger partial charge >= 0.3 is 12.0 Å². The average molecular weight is 260 g/mol. The van der Waals surface area contributed by atoms with Gasteiger partial charge in [0.1, 0.15) is 0 Å². The average Bonchev–Trinajstić information content (AvgIpc) is 2.27. The van der Waals surface area contributed by atoms with Gasteiger partial charge in [0, 0.05) is 18.5 Å². The lowest BCUT2D eigenvalue weighted by Crippen LogP contribution is -2.46. The molecule has 0 aromatic rings. The number of rotatable bonds is 5.